The molecule has 1 aromatic heterocycles. The van der Waals surface area contributed by atoms with Gasteiger partial charge in [-0.25, -0.2) is 8.42 Å². The van der Waals surface area contributed by atoms with Crippen molar-refractivity contribution >= 4 is 10.0 Å². The molecule has 0 saturated heterocycles. The van der Waals surface area contributed by atoms with Crippen LogP contribution in [0.3, 0.4) is 0 Å². The van der Waals surface area contributed by atoms with E-state index in [1.807, 2.05) is 44.6 Å². The van der Waals surface area contributed by atoms with Gasteiger partial charge in [-0.15, -0.1) is 0 Å². The summed E-state index contributed by atoms with van der Waals surface area (Å²) in [5, 5.41) is 4.64. The fourth-order valence-electron chi connectivity index (χ4n) is 4.62. The Balaban J connectivity index is 1.55. The first-order valence-electron chi connectivity index (χ1n) is 10.9. The Morgan fingerprint density at radius 2 is 1.62 bits per heavy atom. The van der Waals surface area contributed by atoms with Crippen molar-refractivity contribution in [3.05, 3.63) is 81.2 Å². The minimum Gasteiger partial charge on any atom is -0.370 e. The number of fused-ring (bicyclic) bond motifs is 1. The van der Waals surface area contributed by atoms with Crippen molar-refractivity contribution in [2.45, 2.75) is 58.8 Å². The van der Waals surface area contributed by atoms with Crippen LogP contribution in [0.5, 0.6) is 0 Å². The Bertz CT molecular complexity index is 1220. The zero-order valence-corrected chi connectivity index (χ0v) is 20.3. The maximum absolute atomic E-state index is 13.6. The normalized spacial score (nSPS) is 14.5. The highest BCUT2D eigenvalue weighted by Crippen LogP contribution is 2.30. The number of rotatable bonds is 6. The van der Waals surface area contributed by atoms with E-state index in [1.165, 1.54) is 5.56 Å². The number of aryl methyl sites for hydroxylation is 5. The lowest BCUT2D eigenvalue weighted by Gasteiger charge is -2.28. The average Bonchev–Trinajstić information content (AvgIpc) is 3.04. The van der Waals surface area contributed by atoms with E-state index in [0.717, 1.165) is 39.2 Å². The van der Waals surface area contributed by atoms with Crippen LogP contribution in [-0.4, -0.2) is 29.0 Å². The summed E-state index contributed by atoms with van der Waals surface area (Å²) >= 11 is 0. The summed E-state index contributed by atoms with van der Waals surface area (Å²) in [6.45, 7) is 9.41. The van der Waals surface area contributed by atoms with Crippen LogP contribution in [0.4, 0.5) is 0 Å². The first kappa shape index (κ1) is 22.7. The van der Waals surface area contributed by atoms with Gasteiger partial charge in [-0.1, -0.05) is 47.5 Å². The quantitative estimate of drug-likeness (QED) is 0.563. The maximum Gasteiger partial charge on any atom is 0.243 e. The molecule has 4 rings (SSSR count). The van der Waals surface area contributed by atoms with E-state index in [0.29, 0.717) is 37.6 Å². The van der Waals surface area contributed by atoms with E-state index in [-0.39, 0.29) is 0 Å². The molecule has 2 heterocycles. The summed E-state index contributed by atoms with van der Waals surface area (Å²) in [4.78, 5) is 0.424. The van der Waals surface area contributed by atoms with Crippen molar-refractivity contribution in [1.29, 1.82) is 0 Å². The molecule has 0 radical (unpaired) electrons. The number of hydrogen-bond donors (Lipinski definition) is 0. The lowest BCUT2D eigenvalue weighted by molar-refractivity contribution is 0.103. The Morgan fingerprint density at radius 1 is 0.969 bits per heavy atom. The number of ether oxygens (including phenoxy) is 1. The highest BCUT2D eigenvalue weighted by Gasteiger charge is 2.33. The summed E-state index contributed by atoms with van der Waals surface area (Å²) in [5.74, 6) is 0. The van der Waals surface area contributed by atoms with E-state index in [1.54, 1.807) is 4.31 Å². The zero-order valence-electron chi connectivity index (χ0n) is 19.5. The van der Waals surface area contributed by atoms with E-state index >= 15 is 0 Å². The molecule has 32 heavy (non-hydrogen) atoms. The number of aromatic nitrogens is 2. The molecule has 0 N–H and O–H groups in total. The highest BCUT2D eigenvalue weighted by molar-refractivity contribution is 7.89. The van der Waals surface area contributed by atoms with Crippen LogP contribution >= 0.6 is 0 Å². The van der Waals surface area contributed by atoms with Crippen molar-refractivity contribution in [3.63, 3.8) is 0 Å². The van der Waals surface area contributed by atoms with Gasteiger partial charge in [0.15, 0.2) is 0 Å². The first-order valence-corrected chi connectivity index (χ1v) is 12.4. The second kappa shape index (κ2) is 8.81. The summed E-state index contributed by atoms with van der Waals surface area (Å²) < 4.78 is 36.5. The Hall–Kier alpha value is -2.48. The van der Waals surface area contributed by atoms with Crippen LogP contribution < -0.4 is 0 Å². The molecule has 0 aliphatic carbocycles. The SMILES string of the molecule is Cc1ccc(COCc2nn(C)c3c2CN(S(=O)(=O)c2c(C)cc(C)cc2C)CC3)cc1. The lowest BCUT2D eigenvalue weighted by atomic mass is 10.1. The van der Waals surface area contributed by atoms with Gasteiger partial charge >= 0.3 is 0 Å². The number of hydrogen-bond acceptors (Lipinski definition) is 4. The molecule has 0 atom stereocenters. The largest absolute Gasteiger partial charge is 0.370 e. The zero-order chi connectivity index (χ0) is 23.0. The molecule has 2 aromatic carbocycles. The molecule has 7 heteroatoms. The molecule has 0 spiro atoms. The molecular formula is C25H31N3O3S. The molecule has 0 fully saturated rings. The summed E-state index contributed by atoms with van der Waals surface area (Å²) in [7, 11) is -1.69. The highest BCUT2D eigenvalue weighted by atomic mass is 32.2. The molecule has 3 aromatic rings. The Morgan fingerprint density at radius 3 is 2.28 bits per heavy atom. The van der Waals surface area contributed by atoms with Gasteiger partial charge < -0.3 is 4.74 Å². The van der Waals surface area contributed by atoms with Crippen molar-refractivity contribution in [1.82, 2.24) is 14.1 Å². The predicted molar refractivity (Wildman–Crippen MR) is 125 cm³/mol. The molecule has 0 saturated carbocycles. The van der Waals surface area contributed by atoms with Crippen LogP contribution in [-0.2, 0) is 48.0 Å². The molecule has 1 aliphatic rings. The molecule has 170 valence electrons. The third kappa shape index (κ3) is 4.37. The second-order valence-electron chi connectivity index (χ2n) is 8.79. The van der Waals surface area contributed by atoms with Gasteiger partial charge in [0.1, 0.15) is 0 Å². The smallest absolute Gasteiger partial charge is 0.243 e. The van der Waals surface area contributed by atoms with Gasteiger partial charge in [0.05, 0.1) is 23.8 Å². The van der Waals surface area contributed by atoms with Crippen LogP contribution in [0.1, 0.15) is 44.8 Å². The van der Waals surface area contributed by atoms with Gasteiger partial charge in [-0.3, -0.25) is 4.68 Å². The maximum atomic E-state index is 13.6. The number of nitrogens with zero attached hydrogens (tertiary/aromatic N) is 3. The Labute approximate surface area is 190 Å². The van der Waals surface area contributed by atoms with E-state index in [2.05, 4.69) is 36.3 Å². The third-order valence-electron chi connectivity index (χ3n) is 6.12. The fraction of sp³-hybridized carbons (Fsp3) is 0.400. The molecule has 0 amide bonds. The third-order valence-corrected chi connectivity index (χ3v) is 8.27. The second-order valence-corrected chi connectivity index (χ2v) is 10.7. The van der Waals surface area contributed by atoms with Crippen LogP contribution in [0.2, 0.25) is 0 Å². The van der Waals surface area contributed by atoms with Crippen molar-refractivity contribution in [2.24, 2.45) is 7.05 Å². The minimum atomic E-state index is -3.60. The van der Waals surface area contributed by atoms with Crippen molar-refractivity contribution < 1.29 is 13.2 Å². The standard InChI is InChI=1S/C25H31N3O3S/c1-17-6-8-21(9-7-17)15-31-16-23-22-14-28(11-10-24(22)27(5)26-23)32(29,30)25-19(3)12-18(2)13-20(25)4/h6-9,12-13H,10-11,14-16H2,1-5H3. The number of benzene rings is 2. The lowest BCUT2D eigenvalue weighted by Crippen LogP contribution is -2.37. The average molecular weight is 454 g/mol. The van der Waals surface area contributed by atoms with E-state index in [4.69, 9.17) is 4.74 Å². The molecule has 1 aliphatic heterocycles. The summed E-state index contributed by atoms with van der Waals surface area (Å²) in [5.41, 5.74) is 7.84. The van der Waals surface area contributed by atoms with E-state index < -0.39 is 10.0 Å². The molecule has 0 unspecified atom stereocenters. The van der Waals surface area contributed by atoms with Gasteiger partial charge in [0, 0.05) is 37.8 Å². The van der Waals surface area contributed by atoms with Gasteiger partial charge in [-0.05, 0) is 44.4 Å². The van der Waals surface area contributed by atoms with Crippen molar-refractivity contribution in [3.8, 4) is 0 Å². The van der Waals surface area contributed by atoms with E-state index in [9.17, 15) is 8.42 Å². The molecular weight excluding hydrogens is 422 g/mol. The van der Waals surface area contributed by atoms with Crippen LogP contribution in [0.25, 0.3) is 0 Å². The Kier molecular flexibility index (Phi) is 6.25. The topological polar surface area (TPSA) is 64.4 Å². The van der Waals surface area contributed by atoms with Gasteiger partial charge in [0.2, 0.25) is 10.0 Å². The van der Waals surface area contributed by atoms with Gasteiger partial charge in [-0.2, -0.15) is 9.40 Å². The minimum absolute atomic E-state index is 0.321. The fourth-order valence-corrected chi connectivity index (χ4v) is 6.44. The summed E-state index contributed by atoms with van der Waals surface area (Å²) in [6, 6.07) is 12.1. The molecule has 6 nitrogen and oxygen atoms in total. The summed E-state index contributed by atoms with van der Waals surface area (Å²) in [6.07, 6.45) is 0.639. The van der Waals surface area contributed by atoms with Crippen LogP contribution in [0.15, 0.2) is 41.3 Å². The molecule has 0 bridgehead atoms. The van der Waals surface area contributed by atoms with Crippen LogP contribution in [0, 0.1) is 27.7 Å². The van der Waals surface area contributed by atoms with Gasteiger partial charge in [0.25, 0.3) is 0 Å². The number of sulfonamides is 1. The predicted octanol–water partition coefficient (Wildman–Crippen LogP) is 4.12. The monoisotopic (exact) mass is 453 g/mol. The first-order chi connectivity index (χ1) is 15.2. The van der Waals surface area contributed by atoms with Crippen molar-refractivity contribution in [2.75, 3.05) is 6.54 Å².